The summed E-state index contributed by atoms with van der Waals surface area (Å²) < 4.78 is 15.1. The van der Waals surface area contributed by atoms with Gasteiger partial charge in [0.15, 0.2) is 5.75 Å². The second-order valence-corrected chi connectivity index (χ2v) is 9.73. The molecule has 0 saturated carbocycles. The SMILES string of the molecule is Cc1cccc(C)c1Oc1cn(C)c(=O)cc1-c1cn(C)c(=O)c2[nH]c(-c3ccc4c(c3)COC4)cc12. The Hall–Kier alpha value is -4.36. The van der Waals surface area contributed by atoms with Crippen LogP contribution >= 0.6 is 0 Å². The zero-order valence-corrected chi connectivity index (χ0v) is 21.2. The number of aromatic nitrogens is 3. The molecule has 0 spiro atoms. The van der Waals surface area contributed by atoms with Crippen molar-refractivity contribution in [2.45, 2.75) is 27.1 Å². The van der Waals surface area contributed by atoms with E-state index in [4.69, 9.17) is 9.47 Å². The van der Waals surface area contributed by atoms with Crippen LogP contribution in [0, 0.1) is 13.8 Å². The Morgan fingerprint density at radius 2 is 1.62 bits per heavy atom. The Balaban J connectivity index is 1.57. The lowest BCUT2D eigenvalue weighted by Crippen LogP contribution is -2.18. The highest BCUT2D eigenvalue weighted by molar-refractivity contribution is 5.98. The summed E-state index contributed by atoms with van der Waals surface area (Å²) in [5.74, 6) is 1.29. The van der Waals surface area contributed by atoms with Crippen molar-refractivity contribution in [1.29, 1.82) is 0 Å². The fraction of sp³-hybridized carbons (Fsp3) is 0.200. The molecule has 0 amide bonds. The largest absolute Gasteiger partial charge is 0.455 e. The van der Waals surface area contributed by atoms with Gasteiger partial charge in [-0.25, -0.2) is 0 Å². The van der Waals surface area contributed by atoms with Crippen LogP contribution in [0.15, 0.2) is 70.5 Å². The fourth-order valence-corrected chi connectivity index (χ4v) is 5.01. The minimum Gasteiger partial charge on any atom is -0.455 e. The average molecular weight is 494 g/mol. The summed E-state index contributed by atoms with van der Waals surface area (Å²) in [7, 11) is 3.41. The summed E-state index contributed by atoms with van der Waals surface area (Å²) in [4.78, 5) is 29.3. The highest BCUT2D eigenvalue weighted by Crippen LogP contribution is 2.38. The van der Waals surface area contributed by atoms with Crippen LogP contribution in [0.3, 0.4) is 0 Å². The van der Waals surface area contributed by atoms with Gasteiger partial charge in [-0.3, -0.25) is 9.59 Å². The first-order valence-corrected chi connectivity index (χ1v) is 12.2. The number of nitrogens with one attached hydrogen (secondary N) is 1. The van der Waals surface area contributed by atoms with Gasteiger partial charge in [0.1, 0.15) is 11.3 Å². The maximum Gasteiger partial charge on any atom is 0.274 e. The number of hydrogen-bond acceptors (Lipinski definition) is 4. The first-order chi connectivity index (χ1) is 17.8. The van der Waals surface area contributed by atoms with E-state index in [9.17, 15) is 9.59 Å². The van der Waals surface area contributed by atoms with E-state index in [1.165, 1.54) is 14.7 Å². The van der Waals surface area contributed by atoms with Crippen molar-refractivity contribution in [2.24, 2.45) is 14.1 Å². The highest BCUT2D eigenvalue weighted by Gasteiger charge is 2.20. The molecule has 0 unspecified atom stereocenters. The van der Waals surface area contributed by atoms with Gasteiger partial charge in [0.2, 0.25) is 0 Å². The third-order valence-corrected chi connectivity index (χ3v) is 7.10. The first kappa shape index (κ1) is 23.1. The topological polar surface area (TPSA) is 78.2 Å². The summed E-state index contributed by atoms with van der Waals surface area (Å²) in [5, 5.41) is 0.731. The molecule has 0 bridgehead atoms. The molecule has 7 nitrogen and oxygen atoms in total. The second kappa shape index (κ2) is 8.64. The van der Waals surface area contributed by atoms with E-state index < -0.39 is 0 Å². The summed E-state index contributed by atoms with van der Waals surface area (Å²) in [6.45, 7) is 5.20. The third-order valence-electron chi connectivity index (χ3n) is 7.10. The number of para-hydroxylation sites is 1. The molecule has 0 atom stereocenters. The van der Waals surface area contributed by atoms with E-state index in [0.29, 0.717) is 30.0 Å². The van der Waals surface area contributed by atoms with E-state index in [-0.39, 0.29) is 11.1 Å². The number of aryl methyl sites for hydroxylation is 4. The zero-order chi connectivity index (χ0) is 25.8. The molecule has 1 aliphatic rings. The van der Waals surface area contributed by atoms with Crippen molar-refractivity contribution in [3.05, 3.63) is 104 Å². The van der Waals surface area contributed by atoms with Gasteiger partial charge >= 0.3 is 0 Å². The summed E-state index contributed by atoms with van der Waals surface area (Å²) in [6, 6.07) is 15.7. The smallest absolute Gasteiger partial charge is 0.274 e. The number of H-pyrrole nitrogens is 1. The van der Waals surface area contributed by atoms with E-state index in [0.717, 1.165) is 44.6 Å². The Bertz CT molecular complexity index is 1800. The number of aromatic amines is 1. The quantitative estimate of drug-likeness (QED) is 0.367. The molecule has 0 aliphatic carbocycles. The van der Waals surface area contributed by atoms with Gasteiger partial charge in [0.05, 0.1) is 19.4 Å². The molecule has 7 heteroatoms. The van der Waals surface area contributed by atoms with Gasteiger partial charge in [0.25, 0.3) is 11.1 Å². The van der Waals surface area contributed by atoms with Gasteiger partial charge in [-0.05, 0) is 53.8 Å². The Labute approximate surface area is 213 Å². The van der Waals surface area contributed by atoms with Crippen molar-refractivity contribution >= 4 is 10.9 Å². The van der Waals surface area contributed by atoms with Crippen LogP contribution in [0.5, 0.6) is 11.5 Å². The standard InChI is InChI=1S/C30H27N3O4/c1-17-6-5-7-18(2)29(17)37-26-14-32(3)27(34)12-22(26)24-13-33(4)30(35)28-23(24)11-25(31-28)19-8-9-20-15-36-16-21(20)10-19/h5-14,31H,15-16H2,1-4H3. The minimum absolute atomic E-state index is 0.143. The number of benzene rings is 2. The van der Waals surface area contributed by atoms with Crippen molar-refractivity contribution in [2.75, 3.05) is 0 Å². The maximum atomic E-state index is 13.1. The molecule has 0 fully saturated rings. The number of hydrogen-bond donors (Lipinski definition) is 1. The van der Waals surface area contributed by atoms with E-state index in [1.807, 2.05) is 44.2 Å². The molecule has 2 aromatic carbocycles. The average Bonchev–Trinajstić information content (AvgIpc) is 3.53. The van der Waals surface area contributed by atoms with Crippen LogP contribution in [0.2, 0.25) is 0 Å². The van der Waals surface area contributed by atoms with Crippen LogP contribution in [0.4, 0.5) is 0 Å². The number of nitrogens with zero attached hydrogens (tertiary/aromatic N) is 2. The van der Waals surface area contributed by atoms with Crippen LogP contribution in [-0.2, 0) is 32.0 Å². The third kappa shape index (κ3) is 3.88. The summed E-state index contributed by atoms with van der Waals surface area (Å²) in [5.41, 5.74) is 7.66. The van der Waals surface area contributed by atoms with Gasteiger partial charge < -0.3 is 23.6 Å². The molecule has 4 heterocycles. The van der Waals surface area contributed by atoms with Gasteiger partial charge in [-0.1, -0.05) is 30.3 Å². The number of fused-ring (bicyclic) bond motifs is 2. The molecular weight excluding hydrogens is 466 g/mol. The Morgan fingerprint density at radius 1 is 0.865 bits per heavy atom. The summed E-state index contributed by atoms with van der Waals surface area (Å²) >= 11 is 0. The first-order valence-electron chi connectivity index (χ1n) is 12.2. The van der Waals surface area contributed by atoms with Crippen LogP contribution in [0.25, 0.3) is 33.3 Å². The van der Waals surface area contributed by atoms with Crippen LogP contribution in [0.1, 0.15) is 22.3 Å². The predicted octanol–water partition coefficient (Wildman–Crippen LogP) is 5.34. The molecule has 5 aromatic rings. The van der Waals surface area contributed by atoms with Crippen molar-refractivity contribution in [1.82, 2.24) is 14.1 Å². The zero-order valence-electron chi connectivity index (χ0n) is 21.2. The molecular formula is C30H27N3O4. The molecule has 0 saturated heterocycles. The fourth-order valence-electron chi connectivity index (χ4n) is 5.01. The lowest BCUT2D eigenvalue weighted by atomic mass is 10.0. The van der Waals surface area contributed by atoms with Crippen LogP contribution in [-0.4, -0.2) is 14.1 Å². The van der Waals surface area contributed by atoms with Gasteiger partial charge in [-0.2, -0.15) is 0 Å². The van der Waals surface area contributed by atoms with Gasteiger partial charge in [-0.15, -0.1) is 0 Å². The molecule has 1 aliphatic heterocycles. The summed E-state index contributed by atoms with van der Waals surface area (Å²) in [6.07, 6.45) is 3.47. The maximum absolute atomic E-state index is 13.1. The predicted molar refractivity (Wildman–Crippen MR) is 144 cm³/mol. The Kier molecular flexibility index (Phi) is 5.38. The van der Waals surface area contributed by atoms with Crippen molar-refractivity contribution < 1.29 is 9.47 Å². The number of ether oxygens (including phenoxy) is 2. The van der Waals surface area contributed by atoms with E-state index in [1.54, 1.807) is 32.6 Å². The molecule has 6 rings (SSSR count). The minimum atomic E-state index is -0.166. The van der Waals surface area contributed by atoms with E-state index >= 15 is 0 Å². The highest BCUT2D eigenvalue weighted by atomic mass is 16.5. The molecule has 0 radical (unpaired) electrons. The van der Waals surface area contributed by atoms with Crippen molar-refractivity contribution in [3.8, 4) is 33.9 Å². The molecule has 186 valence electrons. The molecule has 3 aromatic heterocycles. The van der Waals surface area contributed by atoms with Gasteiger partial charge in [0, 0.05) is 48.6 Å². The monoisotopic (exact) mass is 493 g/mol. The molecule has 1 N–H and O–H groups in total. The van der Waals surface area contributed by atoms with Crippen molar-refractivity contribution in [3.63, 3.8) is 0 Å². The number of rotatable bonds is 4. The lowest BCUT2D eigenvalue weighted by molar-refractivity contribution is 0.134. The van der Waals surface area contributed by atoms with E-state index in [2.05, 4.69) is 17.1 Å². The Morgan fingerprint density at radius 3 is 2.41 bits per heavy atom. The lowest BCUT2D eigenvalue weighted by Gasteiger charge is -2.17. The normalized spacial score (nSPS) is 12.8. The molecule has 37 heavy (non-hydrogen) atoms. The second-order valence-electron chi connectivity index (χ2n) is 9.73. The van der Waals surface area contributed by atoms with Crippen LogP contribution < -0.4 is 15.9 Å². The number of pyridine rings is 2.